The van der Waals surface area contributed by atoms with Gasteiger partial charge in [0.05, 0.1) is 5.71 Å². The predicted octanol–water partition coefficient (Wildman–Crippen LogP) is 2.51. The highest BCUT2D eigenvalue weighted by atomic mass is 16.4. The molecular weight excluding hydrogens is 206 g/mol. The quantitative estimate of drug-likeness (QED) is 0.572. The molecule has 2 aliphatic rings. The second-order valence-electron chi connectivity index (χ2n) is 5.63. The Bertz CT molecular complexity index is 352. The van der Waals surface area contributed by atoms with Gasteiger partial charge in [0, 0.05) is 11.8 Å². The summed E-state index contributed by atoms with van der Waals surface area (Å²) in [5, 5.41) is 21.3. The third-order valence-corrected chi connectivity index (χ3v) is 5.21. The average molecular weight is 225 g/mol. The van der Waals surface area contributed by atoms with Crippen molar-refractivity contribution in [2.45, 2.75) is 46.0 Å². The van der Waals surface area contributed by atoms with Gasteiger partial charge in [0.25, 0.3) is 0 Å². The second kappa shape index (κ2) is 3.47. The van der Waals surface area contributed by atoms with Gasteiger partial charge in [-0.1, -0.05) is 19.0 Å². The fourth-order valence-electron chi connectivity index (χ4n) is 3.78. The Morgan fingerprint density at radius 3 is 2.75 bits per heavy atom. The van der Waals surface area contributed by atoms with Crippen molar-refractivity contribution in [3.63, 3.8) is 0 Å². The number of carboxylic acids is 1. The topological polar surface area (TPSA) is 69.9 Å². The zero-order chi connectivity index (χ0) is 12.0. The van der Waals surface area contributed by atoms with E-state index in [0.29, 0.717) is 12.3 Å². The molecule has 0 aromatic carbocycles. The van der Waals surface area contributed by atoms with Crippen LogP contribution < -0.4 is 0 Å². The molecule has 0 aromatic heterocycles. The summed E-state index contributed by atoms with van der Waals surface area (Å²) >= 11 is 0. The summed E-state index contributed by atoms with van der Waals surface area (Å²) in [7, 11) is 0. The van der Waals surface area contributed by atoms with Gasteiger partial charge in [0.1, 0.15) is 0 Å². The maximum atomic E-state index is 10.7. The molecule has 0 heterocycles. The van der Waals surface area contributed by atoms with Gasteiger partial charge >= 0.3 is 5.97 Å². The molecule has 2 saturated carbocycles. The molecule has 4 nitrogen and oxygen atoms in total. The van der Waals surface area contributed by atoms with Crippen LogP contribution in [0.3, 0.4) is 0 Å². The van der Waals surface area contributed by atoms with Crippen LogP contribution in [-0.4, -0.2) is 22.0 Å². The normalized spacial score (nSPS) is 44.1. The molecule has 3 atom stereocenters. The zero-order valence-electron chi connectivity index (χ0n) is 9.86. The van der Waals surface area contributed by atoms with Crippen LogP contribution in [0.4, 0.5) is 0 Å². The van der Waals surface area contributed by atoms with E-state index in [0.717, 1.165) is 25.0 Å². The first-order valence-electron chi connectivity index (χ1n) is 5.87. The van der Waals surface area contributed by atoms with Crippen molar-refractivity contribution in [2.24, 2.45) is 21.9 Å². The number of oxime groups is 1. The molecule has 2 rings (SSSR count). The molecule has 0 spiro atoms. The van der Waals surface area contributed by atoms with Crippen LogP contribution >= 0.6 is 0 Å². The van der Waals surface area contributed by atoms with E-state index < -0.39 is 5.97 Å². The lowest BCUT2D eigenvalue weighted by Crippen LogP contribution is -2.35. The first kappa shape index (κ1) is 11.4. The Balaban J connectivity index is 2.25. The molecule has 0 unspecified atom stereocenters. The monoisotopic (exact) mass is 225 g/mol. The van der Waals surface area contributed by atoms with Gasteiger partial charge < -0.3 is 10.3 Å². The third-order valence-electron chi connectivity index (χ3n) is 5.21. The van der Waals surface area contributed by atoms with E-state index in [1.165, 1.54) is 0 Å². The maximum Gasteiger partial charge on any atom is 0.303 e. The minimum Gasteiger partial charge on any atom is -0.481 e. The Morgan fingerprint density at radius 1 is 1.56 bits per heavy atom. The van der Waals surface area contributed by atoms with Crippen molar-refractivity contribution in [1.29, 1.82) is 0 Å². The van der Waals surface area contributed by atoms with Crippen molar-refractivity contribution in [2.75, 3.05) is 0 Å². The van der Waals surface area contributed by atoms with Gasteiger partial charge in [-0.15, -0.1) is 0 Å². The molecule has 90 valence electrons. The molecule has 0 amide bonds. The van der Waals surface area contributed by atoms with Crippen LogP contribution in [0.5, 0.6) is 0 Å². The van der Waals surface area contributed by atoms with E-state index >= 15 is 0 Å². The first-order valence-corrected chi connectivity index (χ1v) is 5.87. The number of carbonyl (C=O) groups is 1. The first-order chi connectivity index (χ1) is 7.44. The standard InChI is InChI=1S/C12H19NO3/c1-11(6-4-10(14)15)8-3-5-12(11,2)9(7-8)13-16/h8,16H,3-7H2,1-2H3,(H,14,15)/b13-9-/t8-,11-,12-/m1/s1. The van der Waals surface area contributed by atoms with Gasteiger partial charge in [-0.05, 0) is 37.0 Å². The Labute approximate surface area is 95.3 Å². The summed E-state index contributed by atoms with van der Waals surface area (Å²) in [4.78, 5) is 10.7. The highest BCUT2D eigenvalue weighted by Crippen LogP contribution is 2.66. The number of aliphatic carboxylic acids is 1. The summed E-state index contributed by atoms with van der Waals surface area (Å²) in [5.41, 5.74) is 0.770. The van der Waals surface area contributed by atoms with E-state index in [1.54, 1.807) is 0 Å². The highest BCUT2D eigenvalue weighted by Gasteiger charge is 2.62. The van der Waals surface area contributed by atoms with Crippen LogP contribution in [0.2, 0.25) is 0 Å². The average Bonchev–Trinajstić information content (AvgIpc) is 2.60. The van der Waals surface area contributed by atoms with Gasteiger partial charge in [0.2, 0.25) is 0 Å². The number of fused-ring (bicyclic) bond motifs is 2. The van der Waals surface area contributed by atoms with E-state index in [4.69, 9.17) is 10.3 Å². The lowest BCUT2D eigenvalue weighted by molar-refractivity contribution is -0.138. The maximum absolute atomic E-state index is 10.7. The Hall–Kier alpha value is -1.06. The smallest absolute Gasteiger partial charge is 0.303 e. The summed E-state index contributed by atoms with van der Waals surface area (Å²) in [5.74, 6) is -0.249. The number of hydrogen-bond donors (Lipinski definition) is 2. The molecule has 4 heteroatoms. The fraction of sp³-hybridized carbons (Fsp3) is 0.833. The molecule has 2 N–H and O–H groups in total. The summed E-state index contributed by atoms with van der Waals surface area (Å²) < 4.78 is 0. The van der Waals surface area contributed by atoms with Crippen molar-refractivity contribution in [3.05, 3.63) is 0 Å². The van der Waals surface area contributed by atoms with Crippen molar-refractivity contribution < 1.29 is 15.1 Å². The van der Waals surface area contributed by atoms with Gasteiger partial charge in [-0.2, -0.15) is 0 Å². The Morgan fingerprint density at radius 2 is 2.25 bits per heavy atom. The number of carboxylic acid groups (broad SMARTS) is 1. The summed E-state index contributed by atoms with van der Waals surface area (Å²) in [6.45, 7) is 4.28. The number of hydrogen-bond acceptors (Lipinski definition) is 3. The lowest BCUT2D eigenvalue weighted by atomic mass is 9.66. The fourth-order valence-corrected chi connectivity index (χ4v) is 3.78. The molecule has 0 radical (unpaired) electrons. The highest BCUT2D eigenvalue weighted by molar-refractivity contribution is 5.94. The third kappa shape index (κ3) is 1.28. The second-order valence-corrected chi connectivity index (χ2v) is 5.63. The van der Waals surface area contributed by atoms with Crippen LogP contribution in [0.25, 0.3) is 0 Å². The molecule has 2 aliphatic carbocycles. The zero-order valence-corrected chi connectivity index (χ0v) is 9.86. The molecular formula is C12H19NO3. The molecule has 2 fully saturated rings. The molecule has 0 aliphatic heterocycles. The predicted molar refractivity (Wildman–Crippen MR) is 59.6 cm³/mol. The number of nitrogens with zero attached hydrogens (tertiary/aromatic N) is 1. The Kier molecular flexibility index (Phi) is 2.48. The van der Waals surface area contributed by atoms with Crippen LogP contribution in [0.1, 0.15) is 46.0 Å². The SMILES string of the molecule is C[C@@]12CC[C@H](C/C1=N/O)[C@@]2(C)CCC(=O)O. The lowest BCUT2D eigenvalue weighted by Gasteiger charge is -2.37. The number of rotatable bonds is 3. The van der Waals surface area contributed by atoms with Crippen molar-refractivity contribution in [1.82, 2.24) is 0 Å². The van der Waals surface area contributed by atoms with Gasteiger partial charge in [-0.3, -0.25) is 4.79 Å². The molecule has 0 aromatic rings. The van der Waals surface area contributed by atoms with E-state index in [-0.39, 0.29) is 17.3 Å². The minimum absolute atomic E-state index is 0.00699. The largest absolute Gasteiger partial charge is 0.481 e. The van der Waals surface area contributed by atoms with Gasteiger partial charge in [-0.25, -0.2) is 0 Å². The van der Waals surface area contributed by atoms with Crippen LogP contribution in [0, 0.1) is 16.7 Å². The van der Waals surface area contributed by atoms with Crippen molar-refractivity contribution in [3.8, 4) is 0 Å². The van der Waals surface area contributed by atoms with Crippen molar-refractivity contribution >= 4 is 11.7 Å². The molecule has 16 heavy (non-hydrogen) atoms. The van der Waals surface area contributed by atoms with Gasteiger partial charge in [0.15, 0.2) is 0 Å². The minimum atomic E-state index is -0.737. The summed E-state index contributed by atoms with van der Waals surface area (Å²) in [6, 6.07) is 0. The molecule has 2 bridgehead atoms. The summed E-state index contributed by atoms with van der Waals surface area (Å²) in [6.07, 6.45) is 3.88. The van der Waals surface area contributed by atoms with E-state index in [2.05, 4.69) is 19.0 Å². The molecule has 0 saturated heterocycles. The van der Waals surface area contributed by atoms with Crippen LogP contribution in [0.15, 0.2) is 5.16 Å². The van der Waals surface area contributed by atoms with E-state index in [1.807, 2.05) is 0 Å². The van der Waals surface area contributed by atoms with E-state index in [9.17, 15) is 4.79 Å². The van der Waals surface area contributed by atoms with Crippen LogP contribution in [-0.2, 0) is 4.79 Å².